The van der Waals surface area contributed by atoms with Crippen molar-refractivity contribution in [3.05, 3.63) is 76.5 Å². The summed E-state index contributed by atoms with van der Waals surface area (Å²) in [6.07, 6.45) is 8.84. The van der Waals surface area contributed by atoms with Crippen LogP contribution in [0.15, 0.2) is 53.8 Å². The van der Waals surface area contributed by atoms with Crippen LogP contribution in [0.25, 0.3) is 6.08 Å². The highest BCUT2D eigenvalue weighted by Gasteiger charge is 2.27. The van der Waals surface area contributed by atoms with Gasteiger partial charge in [0, 0.05) is 29.8 Å². The molecule has 38 heavy (non-hydrogen) atoms. The zero-order valence-corrected chi connectivity index (χ0v) is 22.1. The molecule has 0 saturated heterocycles. The Bertz CT molecular complexity index is 1350. The van der Waals surface area contributed by atoms with Gasteiger partial charge in [-0.1, -0.05) is 37.6 Å². The Morgan fingerprint density at radius 1 is 1.11 bits per heavy atom. The maximum absolute atomic E-state index is 13.4. The van der Waals surface area contributed by atoms with E-state index in [4.69, 9.17) is 20.9 Å². The van der Waals surface area contributed by atoms with Crippen molar-refractivity contribution in [3.63, 3.8) is 0 Å². The van der Waals surface area contributed by atoms with E-state index >= 15 is 0 Å². The summed E-state index contributed by atoms with van der Waals surface area (Å²) in [7, 11) is 0. The summed E-state index contributed by atoms with van der Waals surface area (Å²) >= 11 is 0. The van der Waals surface area contributed by atoms with Crippen LogP contribution >= 0.6 is 0 Å². The number of nitrogens with zero attached hydrogens (tertiary/aromatic N) is 4. The number of nitrogen functional groups attached to an aromatic ring is 2. The van der Waals surface area contributed by atoms with Gasteiger partial charge in [-0.2, -0.15) is 10.1 Å². The fourth-order valence-electron chi connectivity index (χ4n) is 4.53. The molecule has 1 amide bonds. The predicted molar refractivity (Wildman–Crippen MR) is 150 cm³/mol. The van der Waals surface area contributed by atoms with Gasteiger partial charge in [-0.25, -0.2) is 9.99 Å². The molecule has 1 unspecified atom stereocenters. The number of fused-ring (bicyclic) bond motifs is 1. The average molecular weight is 515 g/mol. The van der Waals surface area contributed by atoms with Gasteiger partial charge in [0.05, 0.1) is 25.5 Å². The van der Waals surface area contributed by atoms with E-state index in [-0.39, 0.29) is 17.9 Å². The van der Waals surface area contributed by atoms with Gasteiger partial charge in [-0.15, -0.1) is 0 Å². The van der Waals surface area contributed by atoms with Gasteiger partial charge >= 0.3 is 0 Å². The first kappa shape index (κ1) is 26.7. The Labute approximate surface area is 223 Å². The minimum absolute atomic E-state index is 0.122. The quantitative estimate of drug-likeness (QED) is 0.373. The molecule has 4 rings (SSSR count). The Balaban J connectivity index is 1.68. The Morgan fingerprint density at radius 2 is 1.89 bits per heavy atom. The fourth-order valence-corrected chi connectivity index (χ4v) is 4.53. The molecule has 9 nitrogen and oxygen atoms in total. The summed E-state index contributed by atoms with van der Waals surface area (Å²) in [5, 5.41) is 6.05. The van der Waals surface area contributed by atoms with E-state index < -0.39 is 0 Å². The standard InChI is InChI=1S/C29H34N6O3/c1-4-9-24-23-11-8-7-10-21(23)18-33-35(24)26(36)13-12-20-14-19(15-22-17-32-29(31)34-28(22)30)16-25(37-5-2)27(20)38-6-3/h7-8,10-14,16-18,24H,4-6,9,15H2,1-3H3,(H4,30,31,32,34)/b13-12+. The van der Waals surface area contributed by atoms with Crippen molar-refractivity contribution in [3.8, 4) is 11.5 Å². The highest BCUT2D eigenvalue weighted by molar-refractivity contribution is 5.95. The van der Waals surface area contributed by atoms with E-state index in [0.717, 1.165) is 35.1 Å². The number of ether oxygens (including phenoxy) is 2. The summed E-state index contributed by atoms with van der Waals surface area (Å²) in [5.74, 6) is 1.39. The fraction of sp³-hybridized carbons (Fsp3) is 0.310. The lowest BCUT2D eigenvalue weighted by Gasteiger charge is -2.31. The number of anilines is 2. The molecule has 0 saturated carbocycles. The Morgan fingerprint density at radius 3 is 2.63 bits per heavy atom. The number of amides is 1. The molecule has 0 spiro atoms. The zero-order chi connectivity index (χ0) is 27.1. The first-order valence-corrected chi connectivity index (χ1v) is 12.9. The third kappa shape index (κ3) is 5.94. The second-order valence-electron chi connectivity index (χ2n) is 8.89. The van der Waals surface area contributed by atoms with Gasteiger partial charge in [-0.05, 0) is 55.2 Å². The monoisotopic (exact) mass is 514 g/mol. The van der Waals surface area contributed by atoms with Crippen LogP contribution in [0.4, 0.5) is 11.8 Å². The highest BCUT2D eigenvalue weighted by Crippen LogP contribution is 2.36. The first-order valence-electron chi connectivity index (χ1n) is 12.9. The van der Waals surface area contributed by atoms with Crippen LogP contribution in [0.1, 0.15) is 67.5 Å². The number of hydrogen-bond acceptors (Lipinski definition) is 8. The number of hydrazone groups is 1. The SMILES string of the molecule is CCCC1c2ccccc2C=NN1C(=O)/C=C/c1cc(Cc2cnc(N)nc2N)cc(OCC)c1OCC. The number of benzene rings is 2. The van der Waals surface area contributed by atoms with Gasteiger partial charge in [0.15, 0.2) is 11.5 Å². The van der Waals surface area contributed by atoms with E-state index in [9.17, 15) is 4.79 Å². The van der Waals surface area contributed by atoms with Crippen LogP contribution in [-0.4, -0.2) is 40.3 Å². The summed E-state index contributed by atoms with van der Waals surface area (Å²) in [5.41, 5.74) is 16.2. The molecule has 2 aromatic carbocycles. The van der Waals surface area contributed by atoms with Crippen molar-refractivity contribution in [2.75, 3.05) is 24.7 Å². The molecule has 1 atom stereocenters. The lowest BCUT2D eigenvalue weighted by molar-refractivity contribution is -0.128. The van der Waals surface area contributed by atoms with E-state index in [1.807, 2.05) is 44.2 Å². The van der Waals surface area contributed by atoms with Crippen molar-refractivity contribution in [2.24, 2.45) is 5.10 Å². The van der Waals surface area contributed by atoms with Crippen molar-refractivity contribution in [1.82, 2.24) is 15.0 Å². The minimum Gasteiger partial charge on any atom is -0.490 e. The number of carbonyl (C=O) groups excluding carboxylic acids is 1. The van der Waals surface area contributed by atoms with Gasteiger partial charge < -0.3 is 20.9 Å². The number of hydrogen-bond donors (Lipinski definition) is 2. The molecule has 4 N–H and O–H groups in total. The van der Waals surface area contributed by atoms with Crippen LogP contribution < -0.4 is 20.9 Å². The maximum Gasteiger partial charge on any atom is 0.267 e. The third-order valence-electron chi connectivity index (χ3n) is 6.21. The predicted octanol–water partition coefficient (Wildman–Crippen LogP) is 4.76. The number of carbonyl (C=O) groups is 1. The minimum atomic E-state index is -0.212. The first-order chi connectivity index (χ1) is 18.4. The molecular weight excluding hydrogens is 480 g/mol. The average Bonchev–Trinajstić information content (AvgIpc) is 2.91. The number of aromatic nitrogens is 2. The summed E-state index contributed by atoms with van der Waals surface area (Å²) in [6.45, 7) is 6.82. The second kappa shape index (κ2) is 12.2. The van der Waals surface area contributed by atoms with Crippen LogP contribution in [0.3, 0.4) is 0 Å². The summed E-state index contributed by atoms with van der Waals surface area (Å²) in [4.78, 5) is 21.5. The molecule has 1 aliphatic rings. The van der Waals surface area contributed by atoms with Gasteiger partial charge in [0.2, 0.25) is 5.95 Å². The molecular formula is C29H34N6O3. The summed E-state index contributed by atoms with van der Waals surface area (Å²) in [6, 6.07) is 11.8. The van der Waals surface area contributed by atoms with Crippen molar-refractivity contribution in [1.29, 1.82) is 0 Å². The van der Waals surface area contributed by atoms with Crippen molar-refractivity contribution < 1.29 is 14.3 Å². The van der Waals surface area contributed by atoms with Crippen LogP contribution in [0.2, 0.25) is 0 Å². The van der Waals surface area contributed by atoms with Crippen LogP contribution in [0, 0.1) is 0 Å². The van der Waals surface area contributed by atoms with Crippen LogP contribution in [-0.2, 0) is 11.2 Å². The smallest absolute Gasteiger partial charge is 0.267 e. The molecule has 9 heteroatoms. The van der Waals surface area contributed by atoms with Crippen molar-refractivity contribution >= 4 is 30.0 Å². The van der Waals surface area contributed by atoms with Crippen molar-refractivity contribution in [2.45, 2.75) is 46.1 Å². The van der Waals surface area contributed by atoms with E-state index in [1.54, 1.807) is 23.5 Å². The van der Waals surface area contributed by atoms with Gasteiger partial charge in [-0.3, -0.25) is 4.79 Å². The van der Waals surface area contributed by atoms with E-state index in [1.165, 1.54) is 6.08 Å². The molecule has 0 aliphatic carbocycles. The van der Waals surface area contributed by atoms with Gasteiger partial charge in [0.1, 0.15) is 5.82 Å². The number of nitrogens with two attached hydrogens (primary N) is 2. The van der Waals surface area contributed by atoms with Gasteiger partial charge in [0.25, 0.3) is 5.91 Å². The topological polar surface area (TPSA) is 129 Å². The lowest BCUT2D eigenvalue weighted by Crippen LogP contribution is -2.32. The molecule has 1 aliphatic heterocycles. The highest BCUT2D eigenvalue weighted by atomic mass is 16.5. The Kier molecular flexibility index (Phi) is 8.58. The molecule has 1 aromatic heterocycles. The summed E-state index contributed by atoms with van der Waals surface area (Å²) < 4.78 is 11.9. The second-order valence-corrected chi connectivity index (χ2v) is 8.89. The van der Waals surface area contributed by atoms with E-state index in [2.05, 4.69) is 28.1 Å². The maximum atomic E-state index is 13.4. The normalized spacial score (nSPS) is 14.5. The molecule has 0 fully saturated rings. The molecule has 3 aromatic rings. The molecule has 0 bridgehead atoms. The molecule has 0 radical (unpaired) electrons. The third-order valence-corrected chi connectivity index (χ3v) is 6.21. The number of rotatable bonds is 10. The van der Waals surface area contributed by atoms with E-state index in [0.29, 0.717) is 42.5 Å². The lowest BCUT2D eigenvalue weighted by atomic mass is 9.95. The zero-order valence-electron chi connectivity index (χ0n) is 22.1. The largest absolute Gasteiger partial charge is 0.490 e. The molecule has 198 valence electrons. The Hall–Kier alpha value is -4.40. The van der Waals surface area contributed by atoms with Crippen LogP contribution in [0.5, 0.6) is 11.5 Å². The molecule has 2 heterocycles.